The Balaban J connectivity index is 2.77. The van der Waals surface area contributed by atoms with Crippen LogP contribution >= 0.6 is 15.9 Å². The Morgan fingerprint density at radius 3 is 2.71 bits per heavy atom. The number of methoxy groups -OCH3 is 1. The SMILES string of the molecule is COCc1ccc2ccc(Br)cc2c1[N+](=O)[O-]. The van der Waals surface area contributed by atoms with Crippen molar-refractivity contribution in [3.05, 3.63) is 50.5 Å². The Kier molecular flexibility index (Phi) is 3.40. The number of ether oxygens (including phenoxy) is 1. The van der Waals surface area contributed by atoms with Gasteiger partial charge in [-0.2, -0.15) is 0 Å². The van der Waals surface area contributed by atoms with E-state index < -0.39 is 0 Å². The first kappa shape index (κ1) is 12.0. The predicted octanol–water partition coefficient (Wildman–Crippen LogP) is 3.66. The Hall–Kier alpha value is -1.46. The highest BCUT2D eigenvalue weighted by Crippen LogP contribution is 2.32. The van der Waals surface area contributed by atoms with E-state index in [2.05, 4.69) is 15.9 Å². The normalized spacial score (nSPS) is 10.7. The number of hydrogen-bond acceptors (Lipinski definition) is 3. The zero-order valence-corrected chi connectivity index (χ0v) is 10.7. The lowest BCUT2D eigenvalue weighted by Crippen LogP contribution is -1.98. The van der Waals surface area contributed by atoms with Gasteiger partial charge in [0, 0.05) is 11.6 Å². The van der Waals surface area contributed by atoms with Gasteiger partial charge in [0.25, 0.3) is 5.69 Å². The second-order valence-corrected chi connectivity index (χ2v) is 4.54. The average Bonchev–Trinajstić information content (AvgIpc) is 2.28. The van der Waals surface area contributed by atoms with Crippen molar-refractivity contribution in [2.45, 2.75) is 6.61 Å². The molecule has 2 aromatic carbocycles. The molecule has 0 bridgehead atoms. The summed E-state index contributed by atoms with van der Waals surface area (Å²) in [7, 11) is 1.52. The summed E-state index contributed by atoms with van der Waals surface area (Å²) < 4.78 is 5.80. The molecule has 5 heteroatoms. The number of benzene rings is 2. The molecule has 0 unspecified atom stereocenters. The van der Waals surface area contributed by atoms with Crippen molar-refractivity contribution in [2.75, 3.05) is 7.11 Å². The first-order valence-electron chi connectivity index (χ1n) is 4.98. The summed E-state index contributed by atoms with van der Waals surface area (Å²) in [5, 5.41) is 12.6. The summed E-state index contributed by atoms with van der Waals surface area (Å²) in [6.07, 6.45) is 0. The molecular formula is C12H10BrNO3. The second kappa shape index (κ2) is 4.81. The van der Waals surface area contributed by atoms with Crippen LogP contribution in [0.5, 0.6) is 0 Å². The number of nitro groups is 1. The molecule has 0 saturated carbocycles. The van der Waals surface area contributed by atoms with Gasteiger partial charge < -0.3 is 4.74 Å². The summed E-state index contributed by atoms with van der Waals surface area (Å²) in [6, 6.07) is 9.07. The van der Waals surface area contributed by atoms with Gasteiger partial charge >= 0.3 is 0 Å². The fourth-order valence-electron chi connectivity index (χ4n) is 1.81. The Labute approximate surface area is 106 Å². The minimum Gasteiger partial charge on any atom is -0.380 e. The van der Waals surface area contributed by atoms with Gasteiger partial charge in [-0.15, -0.1) is 0 Å². The van der Waals surface area contributed by atoms with Crippen molar-refractivity contribution in [2.24, 2.45) is 0 Å². The van der Waals surface area contributed by atoms with Crippen molar-refractivity contribution in [3.8, 4) is 0 Å². The molecule has 0 aromatic heterocycles. The monoisotopic (exact) mass is 295 g/mol. The van der Waals surface area contributed by atoms with Crippen molar-refractivity contribution >= 4 is 32.4 Å². The molecule has 2 aromatic rings. The average molecular weight is 296 g/mol. The smallest absolute Gasteiger partial charge is 0.282 e. The molecule has 0 radical (unpaired) electrons. The van der Waals surface area contributed by atoms with Crippen LogP contribution in [0.3, 0.4) is 0 Å². The summed E-state index contributed by atoms with van der Waals surface area (Å²) in [5.41, 5.74) is 0.703. The molecule has 0 amide bonds. The molecule has 88 valence electrons. The standard InChI is InChI=1S/C12H10BrNO3/c1-17-7-9-3-2-8-4-5-10(13)6-11(8)12(9)14(15)16/h2-6H,7H2,1H3. The molecule has 0 aliphatic rings. The van der Waals surface area contributed by atoms with E-state index in [1.54, 1.807) is 12.1 Å². The third-order valence-electron chi connectivity index (χ3n) is 2.52. The molecule has 0 aliphatic carbocycles. The summed E-state index contributed by atoms with van der Waals surface area (Å²) in [4.78, 5) is 10.8. The lowest BCUT2D eigenvalue weighted by atomic mass is 10.0. The predicted molar refractivity (Wildman–Crippen MR) is 69.0 cm³/mol. The van der Waals surface area contributed by atoms with Gasteiger partial charge in [0.15, 0.2) is 0 Å². The molecular weight excluding hydrogens is 286 g/mol. The fraction of sp³-hybridized carbons (Fsp3) is 0.167. The van der Waals surface area contributed by atoms with E-state index in [0.29, 0.717) is 10.9 Å². The third-order valence-corrected chi connectivity index (χ3v) is 3.01. The molecule has 17 heavy (non-hydrogen) atoms. The van der Waals surface area contributed by atoms with Gasteiger partial charge in [-0.25, -0.2) is 0 Å². The zero-order valence-electron chi connectivity index (χ0n) is 9.14. The number of nitro benzene ring substituents is 1. The largest absolute Gasteiger partial charge is 0.380 e. The van der Waals surface area contributed by atoms with Crippen LogP contribution in [0.1, 0.15) is 5.56 Å². The molecule has 0 spiro atoms. The number of rotatable bonds is 3. The van der Waals surface area contributed by atoms with Crippen molar-refractivity contribution in [1.82, 2.24) is 0 Å². The van der Waals surface area contributed by atoms with E-state index in [-0.39, 0.29) is 17.2 Å². The summed E-state index contributed by atoms with van der Waals surface area (Å²) in [6.45, 7) is 0.235. The van der Waals surface area contributed by atoms with Gasteiger partial charge in [-0.05, 0) is 23.6 Å². The Morgan fingerprint density at radius 2 is 2.06 bits per heavy atom. The minimum absolute atomic E-state index is 0.116. The van der Waals surface area contributed by atoms with E-state index >= 15 is 0 Å². The van der Waals surface area contributed by atoms with Crippen LogP contribution in [-0.4, -0.2) is 12.0 Å². The highest BCUT2D eigenvalue weighted by atomic mass is 79.9. The minimum atomic E-state index is -0.358. The molecule has 0 N–H and O–H groups in total. The number of fused-ring (bicyclic) bond motifs is 1. The van der Waals surface area contributed by atoms with E-state index in [9.17, 15) is 10.1 Å². The lowest BCUT2D eigenvalue weighted by Gasteiger charge is -2.06. The first-order chi connectivity index (χ1) is 8.13. The number of hydrogen-bond donors (Lipinski definition) is 0. The van der Waals surface area contributed by atoms with E-state index in [4.69, 9.17) is 4.74 Å². The van der Waals surface area contributed by atoms with Crippen LogP contribution in [0.15, 0.2) is 34.8 Å². The van der Waals surface area contributed by atoms with E-state index in [0.717, 1.165) is 9.86 Å². The van der Waals surface area contributed by atoms with Crippen molar-refractivity contribution in [3.63, 3.8) is 0 Å². The maximum Gasteiger partial charge on any atom is 0.282 e. The lowest BCUT2D eigenvalue weighted by molar-refractivity contribution is -0.384. The molecule has 0 atom stereocenters. The topological polar surface area (TPSA) is 52.4 Å². The van der Waals surface area contributed by atoms with E-state index in [1.807, 2.05) is 18.2 Å². The van der Waals surface area contributed by atoms with Gasteiger partial charge in [0.05, 0.1) is 22.5 Å². The molecule has 0 saturated heterocycles. The molecule has 0 heterocycles. The third kappa shape index (κ3) is 2.30. The molecule has 4 nitrogen and oxygen atoms in total. The molecule has 0 fully saturated rings. The van der Waals surface area contributed by atoms with Gasteiger partial charge in [0.2, 0.25) is 0 Å². The van der Waals surface area contributed by atoms with Crippen LogP contribution in [0.4, 0.5) is 5.69 Å². The van der Waals surface area contributed by atoms with Gasteiger partial charge in [0.1, 0.15) is 0 Å². The Bertz CT molecular complexity index is 583. The van der Waals surface area contributed by atoms with Crippen LogP contribution in [0.2, 0.25) is 0 Å². The quantitative estimate of drug-likeness (QED) is 0.641. The summed E-state index contributed by atoms with van der Waals surface area (Å²) in [5.74, 6) is 0. The van der Waals surface area contributed by atoms with Crippen LogP contribution in [0.25, 0.3) is 10.8 Å². The van der Waals surface area contributed by atoms with Crippen LogP contribution in [0, 0.1) is 10.1 Å². The number of nitrogens with zero attached hydrogens (tertiary/aromatic N) is 1. The fourth-order valence-corrected chi connectivity index (χ4v) is 2.17. The Morgan fingerprint density at radius 1 is 1.35 bits per heavy atom. The second-order valence-electron chi connectivity index (χ2n) is 3.63. The van der Waals surface area contributed by atoms with Crippen LogP contribution in [-0.2, 0) is 11.3 Å². The molecule has 0 aliphatic heterocycles. The maximum absolute atomic E-state index is 11.2. The highest BCUT2D eigenvalue weighted by Gasteiger charge is 2.18. The summed E-state index contributed by atoms with van der Waals surface area (Å²) >= 11 is 3.33. The number of halogens is 1. The van der Waals surface area contributed by atoms with Gasteiger partial charge in [-0.3, -0.25) is 10.1 Å². The highest BCUT2D eigenvalue weighted by molar-refractivity contribution is 9.10. The first-order valence-corrected chi connectivity index (χ1v) is 5.77. The molecule has 2 rings (SSSR count). The van der Waals surface area contributed by atoms with Crippen molar-refractivity contribution in [1.29, 1.82) is 0 Å². The van der Waals surface area contributed by atoms with E-state index in [1.165, 1.54) is 7.11 Å². The van der Waals surface area contributed by atoms with Crippen LogP contribution < -0.4 is 0 Å². The van der Waals surface area contributed by atoms with Crippen molar-refractivity contribution < 1.29 is 9.66 Å². The van der Waals surface area contributed by atoms with Gasteiger partial charge in [-0.1, -0.05) is 28.1 Å². The zero-order chi connectivity index (χ0) is 12.4. The maximum atomic E-state index is 11.2.